The van der Waals surface area contributed by atoms with Crippen LogP contribution in [0.1, 0.15) is 35.6 Å². The van der Waals surface area contributed by atoms with Crippen molar-refractivity contribution in [1.29, 1.82) is 0 Å². The third-order valence-corrected chi connectivity index (χ3v) is 6.29. The summed E-state index contributed by atoms with van der Waals surface area (Å²) in [6.45, 7) is 3.54. The summed E-state index contributed by atoms with van der Waals surface area (Å²) < 4.78 is 44.8. The molecule has 4 rings (SSSR count). The Morgan fingerprint density at radius 2 is 1.87 bits per heavy atom. The molecule has 208 valence electrons. The third kappa shape index (κ3) is 6.42. The normalized spacial score (nSPS) is 20.1. The van der Waals surface area contributed by atoms with Crippen LogP contribution < -0.4 is 5.32 Å². The number of halogens is 4. The SMILES string of the molecule is CC1CN(C(=O)c2nc(C(O)(O)O)ccc2-c2ncccn2)C(CNc2ncc(C(F)(F)F)cc2Cl)C(C)O1. The highest BCUT2D eigenvalue weighted by atomic mass is 35.5. The Balaban J connectivity index is 1.68. The Morgan fingerprint density at radius 3 is 2.49 bits per heavy atom. The molecule has 3 aromatic rings. The molecule has 3 atom stereocenters. The number of aromatic nitrogens is 4. The minimum Gasteiger partial charge on any atom is -0.372 e. The lowest BCUT2D eigenvalue weighted by Gasteiger charge is -2.43. The molecule has 15 heteroatoms. The second kappa shape index (κ2) is 11.0. The summed E-state index contributed by atoms with van der Waals surface area (Å²) in [4.78, 5) is 31.4. The van der Waals surface area contributed by atoms with Crippen LogP contribution in [0.2, 0.25) is 5.02 Å². The highest BCUT2D eigenvalue weighted by molar-refractivity contribution is 6.33. The van der Waals surface area contributed by atoms with Crippen molar-refractivity contribution in [2.75, 3.05) is 18.4 Å². The number of aliphatic hydroxyl groups is 3. The smallest absolute Gasteiger partial charge is 0.372 e. The summed E-state index contributed by atoms with van der Waals surface area (Å²) in [5.74, 6) is -3.87. The van der Waals surface area contributed by atoms with Gasteiger partial charge in [0.05, 0.1) is 34.4 Å². The average Bonchev–Trinajstić information content (AvgIpc) is 2.87. The van der Waals surface area contributed by atoms with Gasteiger partial charge in [-0.25, -0.2) is 19.9 Å². The summed E-state index contributed by atoms with van der Waals surface area (Å²) in [7, 11) is 0. The summed E-state index contributed by atoms with van der Waals surface area (Å²) in [5.41, 5.74) is -1.71. The lowest BCUT2D eigenvalue weighted by Crippen LogP contribution is -2.58. The number of morpholine rings is 1. The first-order valence-corrected chi connectivity index (χ1v) is 12.0. The lowest BCUT2D eigenvalue weighted by atomic mass is 10.0. The van der Waals surface area contributed by atoms with E-state index in [0.29, 0.717) is 6.20 Å². The second-order valence-corrected chi connectivity index (χ2v) is 9.32. The van der Waals surface area contributed by atoms with Crippen molar-refractivity contribution < 1.29 is 38.0 Å². The molecular formula is C24H24ClF3N6O5. The Morgan fingerprint density at radius 1 is 1.18 bits per heavy atom. The van der Waals surface area contributed by atoms with E-state index in [0.717, 1.165) is 12.1 Å². The van der Waals surface area contributed by atoms with Gasteiger partial charge in [-0.1, -0.05) is 11.6 Å². The quantitative estimate of drug-likeness (QED) is 0.326. The van der Waals surface area contributed by atoms with Gasteiger partial charge in [-0.05, 0) is 38.1 Å². The summed E-state index contributed by atoms with van der Waals surface area (Å²) in [5, 5.41) is 31.7. The number of carbonyl (C=O) groups excluding carboxylic acids is 1. The predicted octanol–water partition coefficient (Wildman–Crippen LogP) is 2.42. The first kappa shape index (κ1) is 28.6. The number of pyridine rings is 2. The molecule has 0 aromatic carbocycles. The largest absolute Gasteiger partial charge is 0.417 e. The molecule has 1 amide bonds. The standard InChI is InChI=1S/C24H24ClF3N6O5/c1-12-11-34(17(13(2)39-12)10-32-21-16(25)8-14(9-31-21)23(26,27)28)22(35)19-15(20-29-6-3-7-30-20)4-5-18(33-19)24(36,37)38/h3-9,12-13,17,36-38H,10-11H2,1-2H3,(H,31,32). The minimum absolute atomic E-state index is 0.0154. The van der Waals surface area contributed by atoms with Crippen molar-refractivity contribution >= 4 is 23.3 Å². The number of anilines is 1. The molecule has 3 aromatic heterocycles. The molecular weight excluding hydrogens is 545 g/mol. The molecule has 1 aliphatic rings. The summed E-state index contributed by atoms with van der Waals surface area (Å²) in [6, 6.07) is 4.07. The van der Waals surface area contributed by atoms with Crippen molar-refractivity contribution in [3.05, 3.63) is 64.8 Å². The number of rotatable bonds is 6. The maximum absolute atomic E-state index is 13.9. The van der Waals surface area contributed by atoms with Crippen LogP contribution >= 0.6 is 11.6 Å². The minimum atomic E-state index is -4.61. The van der Waals surface area contributed by atoms with E-state index >= 15 is 0 Å². The number of ether oxygens (including phenoxy) is 1. The molecule has 0 saturated carbocycles. The van der Waals surface area contributed by atoms with Crippen LogP contribution in [0.15, 0.2) is 42.9 Å². The van der Waals surface area contributed by atoms with Crippen LogP contribution in [0.3, 0.4) is 0 Å². The molecule has 1 saturated heterocycles. The van der Waals surface area contributed by atoms with Crippen LogP contribution in [-0.2, 0) is 16.9 Å². The van der Waals surface area contributed by atoms with Crippen molar-refractivity contribution in [2.45, 2.75) is 44.2 Å². The van der Waals surface area contributed by atoms with E-state index in [1.807, 2.05) is 0 Å². The fourth-order valence-electron chi connectivity index (χ4n) is 4.16. The van der Waals surface area contributed by atoms with Gasteiger partial charge in [-0.3, -0.25) is 4.79 Å². The van der Waals surface area contributed by atoms with Crippen LogP contribution in [0.25, 0.3) is 11.4 Å². The third-order valence-electron chi connectivity index (χ3n) is 6.00. The molecule has 11 nitrogen and oxygen atoms in total. The highest BCUT2D eigenvalue weighted by Gasteiger charge is 2.39. The van der Waals surface area contributed by atoms with E-state index in [1.165, 1.54) is 23.4 Å². The lowest BCUT2D eigenvalue weighted by molar-refractivity contribution is -0.326. The van der Waals surface area contributed by atoms with Gasteiger partial charge in [0.15, 0.2) is 5.82 Å². The van der Waals surface area contributed by atoms with E-state index in [9.17, 15) is 33.3 Å². The van der Waals surface area contributed by atoms with E-state index in [2.05, 4.69) is 25.3 Å². The molecule has 0 aliphatic carbocycles. The fraction of sp³-hybridized carbons (Fsp3) is 0.375. The Kier molecular flexibility index (Phi) is 8.04. The first-order valence-electron chi connectivity index (χ1n) is 11.6. The molecule has 3 unspecified atom stereocenters. The fourth-order valence-corrected chi connectivity index (χ4v) is 4.40. The van der Waals surface area contributed by atoms with Crippen LogP contribution in [0.4, 0.5) is 19.0 Å². The Bertz CT molecular complexity index is 1340. The molecule has 1 aliphatic heterocycles. The number of nitrogens with one attached hydrogen (secondary N) is 1. The zero-order chi connectivity index (χ0) is 28.5. The molecule has 0 radical (unpaired) electrons. The van der Waals surface area contributed by atoms with E-state index in [-0.39, 0.29) is 41.0 Å². The number of hydrogen-bond donors (Lipinski definition) is 4. The highest BCUT2D eigenvalue weighted by Crippen LogP contribution is 2.33. The van der Waals surface area contributed by atoms with Crippen molar-refractivity contribution in [2.24, 2.45) is 0 Å². The van der Waals surface area contributed by atoms with Crippen molar-refractivity contribution in [1.82, 2.24) is 24.8 Å². The van der Waals surface area contributed by atoms with Crippen molar-refractivity contribution in [3.63, 3.8) is 0 Å². The zero-order valence-electron chi connectivity index (χ0n) is 20.6. The zero-order valence-corrected chi connectivity index (χ0v) is 21.3. The Hall–Kier alpha value is -3.43. The summed E-state index contributed by atoms with van der Waals surface area (Å²) in [6.07, 6.45) is -2.02. The molecule has 0 spiro atoms. The van der Waals surface area contributed by atoms with Gasteiger partial charge in [-0.15, -0.1) is 0 Å². The van der Waals surface area contributed by atoms with Gasteiger partial charge in [0.2, 0.25) is 0 Å². The van der Waals surface area contributed by atoms with Crippen LogP contribution in [-0.4, -0.2) is 77.4 Å². The van der Waals surface area contributed by atoms with E-state index in [1.54, 1.807) is 19.9 Å². The topological polar surface area (TPSA) is 154 Å². The number of alkyl halides is 3. The van der Waals surface area contributed by atoms with Gasteiger partial charge in [-0.2, -0.15) is 13.2 Å². The molecule has 4 heterocycles. The Labute approximate surface area is 225 Å². The predicted molar refractivity (Wildman–Crippen MR) is 131 cm³/mol. The second-order valence-electron chi connectivity index (χ2n) is 8.91. The number of hydrogen-bond acceptors (Lipinski definition) is 10. The molecule has 0 bridgehead atoms. The maximum Gasteiger partial charge on any atom is 0.417 e. The maximum atomic E-state index is 13.9. The van der Waals surface area contributed by atoms with Gasteiger partial charge in [0.1, 0.15) is 17.2 Å². The summed E-state index contributed by atoms with van der Waals surface area (Å²) >= 11 is 6.02. The van der Waals surface area contributed by atoms with Crippen LogP contribution in [0, 0.1) is 0 Å². The molecule has 1 fully saturated rings. The van der Waals surface area contributed by atoms with Gasteiger partial charge < -0.3 is 30.3 Å². The van der Waals surface area contributed by atoms with Gasteiger partial charge in [0, 0.05) is 31.7 Å². The van der Waals surface area contributed by atoms with Gasteiger partial charge in [0.25, 0.3) is 5.91 Å². The first-order chi connectivity index (χ1) is 18.3. The average molecular weight is 569 g/mol. The van der Waals surface area contributed by atoms with Gasteiger partial charge >= 0.3 is 12.1 Å². The number of nitrogens with zero attached hydrogens (tertiary/aromatic N) is 5. The monoisotopic (exact) mass is 568 g/mol. The molecule has 39 heavy (non-hydrogen) atoms. The van der Waals surface area contributed by atoms with Crippen LogP contribution in [0.5, 0.6) is 0 Å². The number of carbonyl (C=O) groups is 1. The number of amides is 1. The van der Waals surface area contributed by atoms with E-state index < -0.39 is 47.6 Å². The van der Waals surface area contributed by atoms with E-state index in [4.69, 9.17) is 16.3 Å². The van der Waals surface area contributed by atoms with Crippen molar-refractivity contribution in [3.8, 4) is 11.4 Å². The molecule has 4 N–H and O–H groups in total.